The molecule has 1 aliphatic heterocycles. The monoisotopic (exact) mass is 414 g/mol. The van der Waals surface area contributed by atoms with Crippen molar-refractivity contribution in [2.75, 3.05) is 18.6 Å². The van der Waals surface area contributed by atoms with Crippen LogP contribution in [0.3, 0.4) is 0 Å². The number of aromatic nitrogens is 2. The van der Waals surface area contributed by atoms with Gasteiger partial charge < -0.3 is 14.7 Å². The van der Waals surface area contributed by atoms with E-state index in [1.165, 1.54) is 4.90 Å². The number of methoxy groups -OCH3 is 1. The zero-order chi connectivity index (χ0) is 22.0. The van der Waals surface area contributed by atoms with Crippen molar-refractivity contribution in [2.24, 2.45) is 0 Å². The summed E-state index contributed by atoms with van der Waals surface area (Å²) in [5.41, 5.74) is 3.50. The van der Waals surface area contributed by atoms with Gasteiger partial charge in [-0.1, -0.05) is 6.07 Å². The van der Waals surface area contributed by atoms with E-state index in [9.17, 15) is 14.7 Å². The minimum Gasteiger partial charge on any atom is -0.465 e. The van der Waals surface area contributed by atoms with Crippen LogP contribution in [0.2, 0.25) is 0 Å². The fourth-order valence-electron chi connectivity index (χ4n) is 4.29. The molecule has 0 bridgehead atoms. The Morgan fingerprint density at radius 2 is 2.07 bits per heavy atom. The highest BCUT2D eigenvalue weighted by molar-refractivity contribution is 5.94. The number of nitrogens with zero attached hydrogens (tertiary/aromatic N) is 4. The van der Waals surface area contributed by atoms with Gasteiger partial charge in [-0.05, 0) is 50.5 Å². The van der Waals surface area contributed by atoms with Crippen LogP contribution in [-0.4, -0.2) is 57.6 Å². The van der Waals surface area contributed by atoms with Crippen LogP contribution in [0.4, 0.5) is 10.5 Å². The molecule has 8 nitrogen and oxygen atoms in total. The molecule has 0 saturated heterocycles. The Balaban J connectivity index is 2.08. The zero-order valence-corrected chi connectivity index (χ0v) is 18.2. The smallest absolute Gasteiger partial charge is 0.408 e. The molecular formula is C22H30N4O4. The summed E-state index contributed by atoms with van der Waals surface area (Å²) >= 11 is 0. The lowest BCUT2D eigenvalue weighted by atomic mass is 9.88. The van der Waals surface area contributed by atoms with Gasteiger partial charge in [0, 0.05) is 43.6 Å². The summed E-state index contributed by atoms with van der Waals surface area (Å²) in [7, 11) is 1.65. The first-order valence-electron chi connectivity index (χ1n) is 10.2. The third-order valence-electron chi connectivity index (χ3n) is 5.59. The van der Waals surface area contributed by atoms with Gasteiger partial charge in [-0.2, -0.15) is 5.10 Å². The molecule has 0 spiro atoms. The van der Waals surface area contributed by atoms with E-state index in [1.54, 1.807) is 25.1 Å². The van der Waals surface area contributed by atoms with Crippen LogP contribution in [0.15, 0.2) is 30.6 Å². The number of amides is 2. The van der Waals surface area contributed by atoms with Gasteiger partial charge in [0.05, 0.1) is 25.4 Å². The number of carbonyl (C=O) groups excluding carboxylic acids is 1. The third-order valence-corrected chi connectivity index (χ3v) is 5.59. The second kappa shape index (κ2) is 8.87. The molecule has 0 fully saturated rings. The Morgan fingerprint density at radius 3 is 2.67 bits per heavy atom. The molecule has 0 aliphatic carbocycles. The van der Waals surface area contributed by atoms with E-state index in [0.717, 1.165) is 22.4 Å². The lowest BCUT2D eigenvalue weighted by Gasteiger charge is -2.43. The van der Waals surface area contributed by atoms with Gasteiger partial charge in [-0.15, -0.1) is 0 Å². The van der Waals surface area contributed by atoms with Crippen molar-refractivity contribution in [1.82, 2.24) is 14.7 Å². The SMILES string of the molecule is COCCn1cc(-c2ccc3c(c2)[C@H](N(C(=O)O)C(C)C)C[C@H](C)N3C(C)=O)cn1. The average Bonchev–Trinajstić information content (AvgIpc) is 3.14. The summed E-state index contributed by atoms with van der Waals surface area (Å²) < 4.78 is 6.92. The van der Waals surface area contributed by atoms with Crippen LogP contribution < -0.4 is 4.90 Å². The van der Waals surface area contributed by atoms with Crippen LogP contribution in [0.25, 0.3) is 11.1 Å². The maximum absolute atomic E-state index is 12.3. The number of anilines is 1. The van der Waals surface area contributed by atoms with Crippen molar-refractivity contribution in [1.29, 1.82) is 0 Å². The zero-order valence-electron chi connectivity index (χ0n) is 18.2. The van der Waals surface area contributed by atoms with Gasteiger partial charge in [0.2, 0.25) is 5.91 Å². The van der Waals surface area contributed by atoms with Crippen molar-refractivity contribution in [3.05, 3.63) is 36.2 Å². The van der Waals surface area contributed by atoms with Gasteiger partial charge in [0.15, 0.2) is 0 Å². The van der Waals surface area contributed by atoms with Crippen LogP contribution in [0, 0.1) is 0 Å². The molecule has 0 radical (unpaired) electrons. The quantitative estimate of drug-likeness (QED) is 0.777. The Morgan fingerprint density at radius 1 is 1.33 bits per heavy atom. The highest BCUT2D eigenvalue weighted by atomic mass is 16.5. The van der Waals surface area contributed by atoms with Crippen LogP contribution in [0.5, 0.6) is 0 Å². The molecule has 2 heterocycles. The minimum absolute atomic E-state index is 0.0474. The molecule has 2 atom stereocenters. The predicted octanol–water partition coefficient (Wildman–Crippen LogP) is 3.77. The van der Waals surface area contributed by atoms with E-state index in [-0.39, 0.29) is 24.0 Å². The summed E-state index contributed by atoms with van der Waals surface area (Å²) in [6.07, 6.45) is 3.33. The fraction of sp³-hybridized carbons (Fsp3) is 0.500. The van der Waals surface area contributed by atoms with Crippen molar-refractivity contribution < 1.29 is 19.4 Å². The molecule has 0 unspecified atom stereocenters. The molecule has 1 aliphatic rings. The Hall–Kier alpha value is -2.87. The Kier molecular flexibility index (Phi) is 6.45. The lowest BCUT2D eigenvalue weighted by molar-refractivity contribution is -0.117. The van der Waals surface area contributed by atoms with Gasteiger partial charge in [0.25, 0.3) is 0 Å². The summed E-state index contributed by atoms with van der Waals surface area (Å²) in [5, 5.41) is 14.3. The minimum atomic E-state index is -0.956. The number of carboxylic acid groups (broad SMARTS) is 1. The average molecular weight is 415 g/mol. The number of ether oxygens (including phenoxy) is 1. The number of hydrogen-bond donors (Lipinski definition) is 1. The standard InChI is InChI=1S/C22H30N4O4/c1-14(2)25(22(28)29)21-10-15(3)26(16(4)27)20-7-6-17(11-19(20)21)18-12-23-24(13-18)8-9-30-5/h6-7,11-15,21H,8-10H2,1-5H3,(H,28,29)/t15-,21+/m0/s1. The molecule has 8 heteroatoms. The van der Waals surface area contributed by atoms with Crippen LogP contribution in [-0.2, 0) is 16.1 Å². The topological polar surface area (TPSA) is 87.9 Å². The summed E-state index contributed by atoms with van der Waals surface area (Å²) in [6.45, 7) is 8.48. The third kappa shape index (κ3) is 4.18. The molecular weight excluding hydrogens is 384 g/mol. The van der Waals surface area contributed by atoms with Crippen molar-refractivity contribution in [3.8, 4) is 11.1 Å². The molecule has 1 aromatic carbocycles. The van der Waals surface area contributed by atoms with Gasteiger partial charge in [-0.3, -0.25) is 14.4 Å². The largest absolute Gasteiger partial charge is 0.465 e. The summed E-state index contributed by atoms with van der Waals surface area (Å²) in [5.74, 6) is -0.0474. The predicted molar refractivity (Wildman–Crippen MR) is 115 cm³/mol. The first-order chi connectivity index (χ1) is 14.2. The van der Waals surface area contributed by atoms with Crippen LogP contribution in [0.1, 0.15) is 45.7 Å². The first kappa shape index (κ1) is 21.8. The maximum atomic E-state index is 12.3. The van der Waals surface area contributed by atoms with E-state index in [1.807, 2.05) is 49.8 Å². The highest BCUT2D eigenvalue weighted by Gasteiger charge is 2.38. The highest BCUT2D eigenvalue weighted by Crippen LogP contribution is 2.43. The molecule has 30 heavy (non-hydrogen) atoms. The summed E-state index contributed by atoms with van der Waals surface area (Å²) in [4.78, 5) is 27.6. The van der Waals surface area contributed by atoms with E-state index < -0.39 is 6.09 Å². The number of benzene rings is 1. The van der Waals surface area contributed by atoms with E-state index >= 15 is 0 Å². The van der Waals surface area contributed by atoms with Gasteiger partial charge in [-0.25, -0.2) is 4.79 Å². The van der Waals surface area contributed by atoms with Crippen LogP contribution >= 0.6 is 0 Å². The molecule has 1 N–H and O–H groups in total. The number of carbonyl (C=O) groups is 2. The lowest BCUT2D eigenvalue weighted by Crippen LogP contribution is -2.48. The molecule has 1 aromatic heterocycles. The number of hydrogen-bond acceptors (Lipinski definition) is 4. The summed E-state index contributed by atoms with van der Waals surface area (Å²) in [6, 6.07) is 5.27. The molecule has 2 amide bonds. The number of rotatable bonds is 6. The normalized spacial score (nSPS) is 18.4. The fourth-order valence-corrected chi connectivity index (χ4v) is 4.29. The second-order valence-electron chi connectivity index (χ2n) is 8.03. The van der Waals surface area contributed by atoms with Gasteiger partial charge in [0.1, 0.15) is 0 Å². The molecule has 3 rings (SSSR count). The van der Waals surface area contributed by atoms with Crippen molar-refractivity contribution >= 4 is 17.7 Å². The Bertz CT molecular complexity index is 924. The van der Waals surface area contributed by atoms with E-state index in [2.05, 4.69) is 5.10 Å². The second-order valence-corrected chi connectivity index (χ2v) is 8.03. The molecule has 2 aromatic rings. The van der Waals surface area contributed by atoms with E-state index in [4.69, 9.17) is 4.74 Å². The molecule has 0 saturated carbocycles. The van der Waals surface area contributed by atoms with E-state index in [0.29, 0.717) is 19.6 Å². The number of fused-ring (bicyclic) bond motifs is 1. The van der Waals surface area contributed by atoms with Crippen molar-refractivity contribution in [3.63, 3.8) is 0 Å². The van der Waals surface area contributed by atoms with Crippen molar-refractivity contribution in [2.45, 2.75) is 58.8 Å². The maximum Gasteiger partial charge on any atom is 0.408 e. The van der Waals surface area contributed by atoms with Gasteiger partial charge >= 0.3 is 6.09 Å². The first-order valence-corrected chi connectivity index (χ1v) is 10.2. The molecule has 162 valence electrons. The Labute approximate surface area is 177 Å².